The van der Waals surface area contributed by atoms with E-state index >= 15 is 0 Å². The maximum absolute atomic E-state index is 13.4. The van der Waals surface area contributed by atoms with Crippen molar-refractivity contribution in [3.63, 3.8) is 0 Å². The Kier molecular flexibility index (Phi) is 5.14. The predicted octanol–water partition coefficient (Wildman–Crippen LogP) is 1.57. The zero-order chi connectivity index (χ0) is 11.7. The number of amides is 1. The first kappa shape index (κ1) is 15.6. The number of carbonyl (C=O) groups excluding carboxylic acids is 1. The smallest absolute Gasteiger partial charge is 0.271 e. The summed E-state index contributed by atoms with van der Waals surface area (Å²) in [4.78, 5) is 11.6. The van der Waals surface area contributed by atoms with Crippen LogP contribution in [0.3, 0.4) is 0 Å². The maximum Gasteiger partial charge on any atom is 0.271 e. The largest absolute Gasteiger partial charge is 0.351 e. The number of hydrogen-bond donors (Lipinski definition) is 2. The first-order valence-corrected chi connectivity index (χ1v) is 5.13. The minimum absolute atomic E-state index is 0. The molecule has 0 radical (unpaired) electrons. The van der Waals surface area contributed by atoms with E-state index in [2.05, 4.69) is 10.6 Å². The van der Waals surface area contributed by atoms with Crippen LogP contribution >= 0.6 is 12.4 Å². The summed E-state index contributed by atoms with van der Waals surface area (Å²) in [6, 6.07) is 0. The molecule has 0 aliphatic carbocycles. The van der Waals surface area contributed by atoms with Gasteiger partial charge in [0.15, 0.2) is 0 Å². The number of halogens is 3. The SMILES string of the molecule is CC(C)(C)NC(=O)C1CCNCC1(F)F.Cl. The molecule has 1 fully saturated rings. The summed E-state index contributed by atoms with van der Waals surface area (Å²) < 4.78 is 26.7. The van der Waals surface area contributed by atoms with Crippen molar-refractivity contribution in [2.45, 2.75) is 38.7 Å². The minimum Gasteiger partial charge on any atom is -0.351 e. The second kappa shape index (κ2) is 5.27. The fourth-order valence-corrected chi connectivity index (χ4v) is 1.62. The van der Waals surface area contributed by atoms with E-state index in [1.807, 2.05) is 0 Å². The zero-order valence-corrected chi connectivity index (χ0v) is 10.6. The van der Waals surface area contributed by atoms with Gasteiger partial charge >= 0.3 is 0 Å². The standard InChI is InChI=1S/C10H18F2N2O.ClH/c1-9(2,3)14-8(15)7-4-5-13-6-10(7,11)12;/h7,13H,4-6H2,1-3H3,(H,14,15);1H. The molecule has 0 spiro atoms. The Labute approximate surface area is 101 Å². The third-order valence-corrected chi connectivity index (χ3v) is 2.29. The monoisotopic (exact) mass is 256 g/mol. The van der Waals surface area contributed by atoms with E-state index in [4.69, 9.17) is 0 Å². The first-order chi connectivity index (χ1) is 6.72. The predicted molar refractivity (Wildman–Crippen MR) is 61.1 cm³/mol. The lowest BCUT2D eigenvalue weighted by Gasteiger charge is -2.33. The normalized spacial score (nSPS) is 24.4. The summed E-state index contributed by atoms with van der Waals surface area (Å²) in [5.74, 6) is -4.68. The summed E-state index contributed by atoms with van der Waals surface area (Å²) in [6.07, 6.45) is 0.189. The van der Waals surface area contributed by atoms with Crippen molar-refractivity contribution in [1.29, 1.82) is 0 Å². The molecule has 0 aromatic carbocycles. The molecule has 1 amide bonds. The lowest BCUT2D eigenvalue weighted by Crippen LogP contribution is -2.55. The zero-order valence-electron chi connectivity index (χ0n) is 9.77. The van der Waals surface area contributed by atoms with E-state index in [0.717, 1.165) is 0 Å². The molecule has 0 saturated carbocycles. The number of carbonyl (C=O) groups is 1. The van der Waals surface area contributed by atoms with E-state index in [-0.39, 0.29) is 18.8 Å². The maximum atomic E-state index is 13.4. The van der Waals surface area contributed by atoms with E-state index < -0.39 is 29.8 Å². The third kappa shape index (κ3) is 4.22. The molecule has 1 aliphatic heterocycles. The number of alkyl halides is 2. The van der Waals surface area contributed by atoms with Crippen LogP contribution in [0.25, 0.3) is 0 Å². The van der Waals surface area contributed by atoms with Crippen molar-refractivity contribution < 1.29 is 13.6 Å². The molecule has 1 atom stereocenters. The van der Waals surface area contributed by atoms with Gasteiger partial charge in [-0.2, -0.15) is 0 Å². The van der Waals surface area contributed by atoms with Crippen molar-refractivity contribution in [2.75, 3.05) is 13.1 Å². The highest BCUT2D eigenvalue weighted by molar-refractivity contribution is 5.85. The van der Waals surface area contributed by atoms with Gasteiger partial charge in [0.05, 0.1) is 6.54 Å². The van der Waals surface area contributed by atoms with E-state index in [1.54, 1.807) is 20.8 Å². The van der Waals surface area contributed by atoms with Gasteiger partial charge < -0.3 is 10.6 Å². The van der Waals surface area contributed by atoms with Crippen LogP contribution in [-0.2, 0) is 4.79 Å². The van der Waals surface area contributed by atoms with Crippen LogP contribution in [0.15, 0.2) is 0 Å². The number of piperidine rings is 1. The van der Waals surface area contributed by atoms with E-state index in [0.29, 0.717) is 6.54 Å². The topological polar surface area (TPSA) is 41.1 Å². The van der Waals surface area contributed by atoms with Gasteiger partial charge in [-0.25, -0.2) is 8.78 Å². The quantitative estimate of drug-likeness (QED) is 0.748. The van der Waals surface area contributed by atoms with Crippen LogP contribution < -0.4 is 10.6 Å². The van der Waals surface area contributed by atoms with Crippen molar-refractivity contribution >= 4 is 18.3 Å². The van der Waals surface area contributed by atoms with Crippen molar-refractivity contribution in [3.8, 4) is 0 Å². The molecule has 96 valence electrons. The highest BCUT2D eigenvalue weighted by Gasteiger charge is 2.46. The highest BCUT2D eigenvalue weighted by atomic mass is 35.5. The fourth-order valence-electron chi connectivity index (χ4n) is 1.62. The van der Waals surface area contributed by atoms with Crippen molar-refractivity contribution in [3.05, 3.63) is 0 Å². The molecule has 1 unspecified atom stereocenters. The second-order valence-electron chi connectivity index (χ2n) is 5.02. The Morgan fingerprint density at radius 3 is 2.44 bits per heavy atom. The Hall–Kier alpha value is -0.420. The lowest BCUT2D eigenvalue weighted by molar-refractivity contribution is -0.144. The van der Waals surface area contributed by atoms with Crippen LogP contribution in [0.2, 0.25) is 0 Å². The molecular formula is C10H19ClF2N2O. The lowest BCUT2D eigenvalue weighted by atomic mass is 9.92. The summed E-state index contributed by atoms with van der Waals surface area (Å²) in [5, 5.41) is 5.19. The molecule has 2 N–H and O–H groups in total. The van der Waals surface area contributed by atoms with Gasteiger partial charge in [-0.1, -0.05) is 0 Å². The Morgan fingerprint density at radius 1 is 1.44 bits per heavy atom. The van der Waals surface area contributed by atoms with Crippen LogP contribution in [0, 0.1) is 5.92 Å². The molecule has 0 bridgehead atoms. The van der Waals surface area contributed by atoms with Gasteiger partial charge in [0.25, 0.3) is 5.92 Å². The Morgan fingerprint density at radius 2 is 2.00 bits per heavy atom. The third-order valence-electron chi connectivity index (χ3n) is 2.29. The summed E-state index contributed by atoms with van der Waals surface area (Å²) in [6.45, 7) is 5.41. The fraction of sp³-hybridized carbons (Fsp3) is 0.900. The van der Waals surface area contributed by atoms with Crippen LogP contribution in [0.1, 0.15) is 27.2 Å². The van der Waals surface area contributed by atoms with Gasteiger partial charge in [0.2, 0.25) is 5.91 Å². The number of nitrogens with one attached hydrogen (secondary N) is 2. The minimum atomic E-state index is -2.94. The van der Waals surface area contributed by atoms with E-state index in [1.165, 1.54) is 0 Å². The molecular weight excluding hydrogens is 238 g/mol. The summed E-state index contributed by atoms with van der Waals surface area (Å²) >= 11 is 0. The number of hydrogen-bond acceptors (Lipinski definition) is 2. The van der Waals surface area contributed by atoms with Crippen LogP contribution in [-0.4, -0.2) is 30.5 Å². The molecule has 0 aromatic heterocycles. The highest BCUT2D eigenvalue weighted by Crippen LogP contribution is 2.29. The molecule has 1 aliphatic rings. The average Bonchev–Trinajstić information content (AvgIpc) is 1.99. The van der Waals surface area contributed by atoms with E-state index in [9.17, 15) is 13.6 Å². The van der Waals surface area contributed by atoms with Crippen LogP contribution in [0.4, 0.5) is 8.78 Å². The molecule has 3 nitrogen and oxygen atoms in total. The summed E-state index contributed by atoms with van der Waals surface area (Å²) in [7, 11) is 0. The molecule has 16 heavy (non-hydrogen) atoms. The van der Waals surface area contributed by atoms with Gasteiger partial charge in [0.1, 0.15) is 5.92 Å². The van der Waals surface area contributed by atoms with Crippen molar-refractivity contribution in [1.82, 2.24) is 10.6 Å². The Bertz CT molecular complexity index is 254. The van der Waals surface area contributed by atoms with Crippen molar-refractivity contribution in [2.24, 2.45) is 5.92 Å². The van der Waals surface area contributed by atoms with Gasteiger partial charge in [-0.3, -0.25) is 4.79 Å². The molecule has 1 saturated heterocycles. The number of rotatable bonds is 1. The van der Waals surface area contributed by atoms with Crippen LogP contribution in [0.5, 0.6) is 0 Å². The molecule has 1 heterocycles. The Balaban J connectivity index is 0.00000225. The second-order valence-corrected chi connectivity index (χ2v) is 5.02. The first-order valence-electron chi connectivity index (χ1n) is 5.13. The molecule has 1 rings (SSSR count). The van der Waals surface area contributed by atoms with Gasteiger partial charge in [-0.15, -0.1) is 12.4 Å². The molecule has 0 aromatic rings. The summed E-state index contributed by atoms with van der Waals surface area (Å²) in [5.41, 5.74) is -0.460. The van der Waals surface area contributed by atoms with Gasteiger partial charge in [-0.05, 0) is 33.7 Å². The molecule has 6 heteroatoms. The van der Waals surface area contributed by atoms with Gasteiger partial charge in [0, 0.05) is 5.54 Å². The average molecular weight is 257 g/mol.